The second-order valence-corrected chi connectivity index (χ2v) is 11.9. The van der Waals surface area contributed by atoms with Gasteiger partial charge >= 0.3 is 0 Å². The molecule has 200 valence electrons. The van der Waals surface area contributed by atoms with Crippen LogP contribution in [0.4, 0.5) is 27.5 Å². The number of nitrogens with one attached hydrogen (secondary N) is 1. The molecule has 2 aromatic heterocycles. The van der Waals surface area contributed by atoms with Gasteiger partial charge in [0.05, 0.1) is 24.6 Å². The Bertz CT molecular complexity index is 1280. The first kappa shape index (κ1) is 25.0. The number of aromatic nitrogens is 3. The summed E-state index contributed by atoms with van der Waals surface area (Å²) in [4.78, 5) is 20.5. The summed E-state index contributed by atoms with van der Waals surface area (Å²) in [6.07, 6.45) is 4.72. The number of piperidine rings is 2. The molecule has 38 heavy (non-hydrogen) atoms. The van der Waals surface area contributed by atoms with Gasteiger partial charge in [0.2, 0.25) is 5.95 Å². The van der Waals surface area contributed by atoms with Gasteiger partial charge in [0, 0.05) is 62.9 Å². The quantitative estimate of drug-likeness (QED) is 0.533. The number of anilines is 4. The number of benzene rings is 1. The molecule has 3 fully saturated rings. The highest BCUT2D eigenvalue weighted by atomic mass is 19.1. The van der Waals surface area contributed by atoms with Gasteiger partial charge in [0.25, 0.3) is 0 Å². The molecule has 5 heterocycles. The lowest BCUT2D eigenvalue weighted by Crippen LogP contribution is -2.61. The number of likely N-dealkylation sites (tertiary alicyclic amines) is 1. The Kier molecular flexibility index (Phi) is 6.44. The largest absolute Gasteiger partial charge is 0.378 e. The van der Waals surface area contributed by atoms with Gasteiger partial charge in [-0.3, -0.25) is 0 Å². The third-order valence-corrected chi connectivity index (χ3v) is 7.88. The summed E-state index contributed by atoms with van der Waals surface area (Å²) in [6.45, 7) is 11.6. The van der Waals surface area contributed by atoms with Crippen molar-refractivity contribution in [1.29, 1.82) is 0 Å². The Morgan fingerprint density at radius 3 is 2.37 bits per heavy atom. The second-order valence-electron chi connectivity index (χ2n) is 11.9. The fourth-order valence-electron chi connectivity index (χ4n) is 6.93. The van der Waals surface area contributed by atoms with E-state index in [2.05, 4.69) is 55.9 Å². The number of morpholine rings is 1. The van der Waals surface area contributed by atoms with Crippen LogP contribution in [0.15, 0.2) is 48.8 Å². The van der Waals surface area contributed by atoms with E-state index in [-0.39, 0.29) is 16.6 Å². The molecule has 6 rings (SSSR count). The summed E-state index contributed by atoms with van der Waals surface area (Å²) in [5.74, 6) is 1.13. The number of halogens is 1. The van der Waals surface area contributed by atoms with Crippen molar-refractivity contribution in [3.8, 4) is 11.3 Å². The third-order valence-electron chi connectivity index (χ3n) is 7.88. The van der Waals surface area contributed by atoms with Crippen LogP contribution in [0.1, 0.15) is 20.3 Å². The molecule has 0 amide bonds. The Hall–Kier alpha value is -3.30. The van der Waals surface area contributed by atoms with Gasteiger partial charge in [0.1, 0.15) is 11.6 Å². The van der Waals surface area contributed by atoms with Crippen molar-refractivity contribution in [3.63, 3.8) is 0 Å². The zero-order valence-electron chi connectivity index (χ0n) is 22.5. The van der Waals surface area contributed by atoms with E-state index in [4.69, 9.17) is 4.74 Å². The minimum absolute atomic E-state index is 0.160. The predicted octanol–water partition coefficient (Wildman–Crippen LogP) is 4.43. The minimum atomic E-state index is -0.227. The van der Waals surface area contributed by atoms with Gasteiger partial charge < -0.3 is 24.8 Å². The Morgan fingerprint density at radius 2 is 1.68 bits per heavy atom. The Morgan fingerprint density at radius 1 is 0.921 bits per heavy atom. The molecule has 0 aliphatic carbocycles. The summed E-state index contributed by atoms with van der Waals surface area (Å²) in [6, 6.07) is 11.2. The highest BCUT2D eigenvalue weighted by Gasteiger charge is 2.47. The molecule has 2 bridgehead atoms. The molecule has 3 aliphatic heterocycles. The van der Waals surface area contributed by atoms with E-state index < -0.39 is 0 Å². The van der Waals surface area contributed by atoms with Gasteiger partial charge in [-0.05, 0) is 60.7 Å². The number of hydrogen-bond donors (Lipinski definition) is 1. The van der Waals surface area contributed by atoms with E-state index in [1.54, 1.807) is 12.3 Å². The smallest absolute Gasteiger partial charge is 0.227 e. The van der Waals surface area contributed by atoms with Crippen molar-refractivity contribution in [1.82, 2.24) is 19.9 Å². The molecule has 0 spiro atoms. The average molecular weight is 518 g/mol. The van der Waals surface area contributed by atoms with Crippen LogP contribution in [-0.4, -0.2) is 79.4 Å². The lowest BCUT2D eigenvalue weighted by molar-refractivity contribution is 0.00514. The van der Waals surface area contributed by atoms with Crippen molar-refractivity contribution >= 4 is 23.1 Å². The van der Waals surface area contributed by atoms with Crippen molar-refractivity contribution in [3.05, 3.63) is 54.6 Å². The van der Waals surface area contributed by atoms with Crippen molar-refractivity contribution in [2.45, 2.75) is 20.3 Å². The molecule has 1 N–H and O–H groups in total. The molecule has 0 radical (unpaired) electrons. The lowest BCUT2D eigenvalue weighted by Gasteiger charge is -2.56. The summed E-state index contributed by atoms with van der Waals surface area (Å²) in [7, 11) is 2.19. The van der Waals surface area contributed by atoms with Crippen LogP contribution in [-0.2, 0) is 4.74 Å². The molecule has 2 unspecified atom stereocenters. The van der Waals surface area contributed by atoms with Crippen LogP contribution in [0.2, 0.25) is 0 Å². The summed E-state index contributed by atoms with van der Waals surface area (Å²) in [5, 5.41) is 3.18. The van der Waals surface area contributed by atoms with E-state index >= 15 is 4.39 Å². The van der Waals surface area contributed by atoms with Gasteiger partial charge in [-0.1, -0.05) is 13.8 Å². The molecular formula is C29H36FN7O. The van der Waals surface area contributed by atoms with Crippen LogP contribution in [0.25, 0.3) is 11.3 Å². The van der Waals surface area contributed by atoms with Gasteiger partial charge in [0.15, 0.2) is 0 Å². The maximum Gasteiger partial charge on any atom is 0.227 e. The minimum Gasteiger partial charge on any atom is -0.378 e. The van der Waals surface area contributed by atoms with E-state index in [1.807, 2.05) is 36.5 Å². The van der Waals surface area contributed by atoms with Crippen molar-refractivity contribution in [2.75, 3.05) is 74.6 Å². The average Bonchev–Trinajstić information content (AvgIpc) is 2.88. The van der Waals surface area contributed by atoms with Gasteiger partial charge in [-0.2, -0.15) is 0 Å². The summed E-state index contributed by atoms with van der Waals surface area (Å²) >= 11 is 0. The predicted molar refractivity (Wildman–Crippen MR) is 149 cm³/mol. The number of pyridine rings is 1. The topological polar surface area (TPSA) is 69.7 Å². The highest BCUT2D eigenvalue weighted by Crippen LogP contribution is 2.46. The maximum absolute atomic E-state index is 15.4. The van der Waals surface area contributed by atoms with E-state index in [0.29, 0.717) is 17.3 Å². The first-order chi connectivity index (χ1) is 18.3. The van der Waals surface area contributed by atoms with E-state index in [9.17, 15) is 0 Å². The van der Waals surface area contributed by atoms with Crippen molar-refractivity contribution < 1.29 is 9.13 Å². The molecule has 3 aliphatic rings. The number of fused-ring (bicyclic) bond motifs is 2. The molecule has 8 nitrogen and oxygen atoms in total. The first-order valence-electron chi connectivity index (χ1n) is 13.4. The maximum atomic E-state index is 15.4. The molecule has 1 aromatic carbocycles. The van der Waals surface area contributed by atoms with Gasteiger partial charge in [-0.15, -0.1) is 0 Å². The fourth-order valence-corrected chi connectivity index (χ4v) is 6.93. The van der Waals surface area contributed by atoms with E-state index in [0.717, 1.165) is 69.6 Å². The number of nitrogens with zero attached hydrogens (tertiary/aromatic N) is 6. The molecular weight excluding hydrogens is 481 g/mol. The number of rotatable bonds is 5. The molecule has 2 atom stereocenters. The number of hydrogen-bond acceptors (Lipinski definition) is 8. The van der Waals surface area contributed by atoms with Crippen LogP contribution < -0.4 is 15.1 Å². The summed E-state index contributed by atoms with van der Waals surface area (Å²) in [5.41, 5.74) is 3.26. The van der Waals surface area contributed by atoms with Gasteiger partial charge in [-0.25, -0.2) is 19.3 Å². The molecule has 9 heteroatoms. The SMILES string of the molecule is CN1CC2(C)CN(c3ccc(Nc4nccc(-c5ccc(N6CCOCC6)nc5)n4)cc3F)CC(C)(C1)C2. The van der Waals surface area contributed by atoms with Crippen molar-refractivity contribution in [2.24, 2.45) is 10.8 Å². The van der Waals surface area contributed by atoms with Crippen LogP contribution in [0.5, 0.6) is 0 Å². The molecule has 0 saturated carbocycles. The normalized spacial score (nSPS) is 25.9. The first-order valence-corrected chi connectivity index (χ1v) is 13.4. The highest BCUT2D eigenvalue weighted by molar-refractivity contribution is 5.64. The third kappa shape index (κ3) is 5.17. The molecule has 3 aromatic rings. The second kappa shape index (κ2) is 9.78. The summed E-state index contributed by atoms with van der Waals surface area (Å²) < 4.78 is 20.8. The standard InChI is InChI=1S/C29H36FN7O/c1-28-16-29(2,18-35(3)17-28)20-37(19-28)25-6-5-22(14-23(25)30)33-27-31-9-8-24(34-27)21-4-7-26(32-15-21)36-10-12-38-13-11-36/h4-9,14-15H,10-13,16-20H2,1-3H3,(H,31,33,34). The zero-order valence-corrected chi connectivity index (χ0v) is 22.5. The monoisotopic (exact) mass is 517 g/mol. The van der Waals surface area contributed by atoms with Crippen LogP contribution in [0.3, 0.4) is 0 Å². The van der Waals surface area contributed by atoms with Crippen LogP contribution in [0, 0.1) is 16.6 Å². The lowest BCUT2D eigenvalue weighted by atomic mass is 9.65. The molecule has 3 saturated heterocycles. The number of ether oxygens (including phenoxy) is 1. The van der Waals surface area contributed by atoms with Crippen LogP contribution >= 0.6 is 0 Å². The Labute approximate surface area is 223 Å². The van der Waals surface area contributed by atoms with E-state index in [1.165, 1.54) is 6.42 Å². The fraction of sp³-hybridized carbons (Fsp3) is 0.483. The Balaban J connectivity index is 1.16. The zero-order chi connectivity index (χ0) is 26.3.